The maximum absolute atomic E-state index is 12.2. The fourth-order valence-corrected chi connectivity index (χ4v) is 2.78. The summed E-state index contributed by atoms with van der Waals surface area (Å²) in [5.74, 6) is -0.714. The van der Waals surface area contributed by atoms with Crippen LogP contribution in [0.5, 0.6) is 11.5 Å². The monoisotopic (exact) mass is 430 g/mol. The van der Waals surface area contributed by atoms with Crippen molar-refractivity contribution in [3.8, 4) is 11.5 Å². The molecular formula is C20H15ClN2O7. The highest BCUT2D eigenvalue weighted by Gasteiger charge is 2.26. The molecule has 0 spiro atoms. The van der Waals surface area contributed by atoms with E-state index in [9.17, 15) is 19.7 Å². The molecule has 0 bridgehead atoms. The zero-order valence-electron chi connectivity index (χ0n) is 15.9. The van der Waals surface area contributed by atoms with E-state index in [0.717, 1.165) is 0 Å². The van der Waals surface area contributed by atoms with E-state index >= 15 is 0 Å². The summed E-state index contributed by atoms with van der Waals surface area (Å²) in [6, 6.07) is 8.70. The molecule has 0 atom stereocenters. The van der Waals surface area contributed by atoms with E-state index in [1.165, 1.54) is 37.3 Å². The third-order valence-corrected chi connectivity index (χ3v) is 4.15. The second kappa shape index (κ2) is 8.75. The maximum Gasteiger partial charge on any atom is 0.363 e. The molecule has 154 valence electrons. The number of ether oxygens (including phenoxy) is 3. The molecule has 0 fully saturated rings. The lowest BCUT2D eigenvalue weighted by molar-refractivity contribution is -0.384. The van der Waals surface area contributed by atoms with Crippen molar-refractivity contribution >= 4 is 41.2 Å². The summed E-state index contributed by atoms with van der Waals surface area (Å²) in [6.07, 6.45) is 1.46. The SMILES string of the molecule is CCOc1cc(/C=C2\N=C(c3ccc(Cl)c([N+](=O)[O-])c3)OC2=O)ccc1OC(C)=O. The van der Waals surface area contributed by atoms with Crippen molar-refractivity contribution in [2.75, 3.05) is 6.61 Å². The second-order valence-electron chi connectivity index (χ2n) is 5.99. The number of carbonyl (C=O) groups excluding carboxylic acids is 2. The van der Waals surface area contributed by atoms with Gasteiger partial charge in [-0.3, -0.25) is 14.9 Å². The van der Waals surface area contributed by atoms with E-state index in [4.69, 9.17) is 25.8 Å². The summed E-state index contributed by atoms with van der Waals surface area (Å²) < 4.78 is 15.7. The third kappa shape index (κ3) is 4.64. The van der Waals surface area contributed by atoms with E-state index < -0.39 is 16.9 Å². The van der Waals surface area contributed by atoms with E-state index in [-0.39, 0.29) is 33.6 Å². The van der Waals surface area contributed by atoms with Gasteiger partial charge in [-0.25, -0.2) is 9.79 Å². The van der Waals surface area contributed by atoms with Gasteiger partial charge in [0.1, 0.15) is 5.02 Å². The summed E-state index contributed by atoms with van der Waals surface area (Å²) >= 11 is 5.80. The van der Waals surface area contributed by atoms with Gasteiger partial charge in [-0.15, -0.1) is 0 Å². The van der Waals surface area contributed by atoms with Crippen molar-refractivity contribution in [1.82, 2.24) is 0 Å². The van der Waals surface area contributed by atoms with Crippen LogP contribution < -0.4 is 9.47 Å². The van der Waals surface area contributed by atoms with Crippen molar-refractivity contribution in [2.24, 2.45) is 4.99 Å². The molecule has 1 aliphatic heterocycles. The smallest absolute Gasteiger partial charge is 0.363 e. The molecule has 0 N–H and O–H groups in total. The number of hydrogen-bond acceptors (Lipinski definition) is 8. The van der Waals surface area contributed by atoms with Crippen LogP contribution in [0.25, 0.3) is 6.08 Å². The maximum atomic E-state index is 12.2. The molecule has 0 aliphatic carbocycles. The molecule has 0 saturated carbocycles. The van der Waals surface area contributed by atoms with Gasteiger partial charge in [-0.1, -0.05) is 17.7 Å². The molecule has 3 rings (SSSR count). The molecule has 2 aromatic rings. The Kier molecular flexibility index (Phi) is 6.12. The third-order valence-electron chi connectivity index (χ3n) is 3.83. The van der Waals surface area contributed by atoms with Gasteiger partial charge >= 0.3 is 11.9 Å². The van der Waals surface area contributed by atoms with Gasteiger partial charge in [0.05, 0.1) is 11.5 Å². The molecule has 10 heteroatoms. The molecule has 30 heavy (non-hydrogen) atoms. The van der Waals surface area contributed by atoms with Crippen molar-refractivity contribution < 1.29 is 28.7 Å². The molecule has 0 aromatic heterocycles. The van der Waals surface area contributed by atoms with Gasteiger partial charge in [0.15, 0.2) is 17.2 Å². The number of nitro benzene ring substituents is 1. The number of rotatable bonds is 6. The molecule has 1 aliphatic rings. The fraction of sp³-hybridized carbons (Fsp3) is 0.150. The summed E-state index contributed by atoms with van der Waals surface area (Å²) in [4.78, 5) is 38.0. The van der Waals surface area contributed by atoms with Gasteiger partial charge in [0.25, 0.3) is 5.69 Å². The molecule has 0 radical (unpaired) electrons. The van der Waals surface area contributed by atoms with Crippen molar-refractivity contribution in [1.29, 1.82) is 0 Å². The Labute approximate surface area is 175 Å². The van der Waals surface area contributed by atoms with Gasteiger partial charge in [-0.05, 0) is 42.8 Å². The molecule has 0 saturated heterocycles. The van der Waals surface area contributed by atoms with Crippen LogP contribution in [0.3, 0.4) is 0 Å². The Hall–Kier alpha value is -3.72. The Morgan fingerprint density at radius 3 is 2.70 bits per heavy atom. The number of aliphatic imine (C=N–C) groups is 1. The van der Waals surface area contributed by atoms with Crippen LogP contribution in [-0.4, -0.2) is 29.4 Å². The van der Waals surface area contributed by atoms with Crippen LogP contribution in [0, 0.1) is 10.1 Å². The molecule has 9 nitrogen and oxygen atoms in total. The summed E-state index contributed by atoms with van der Waals surface area (Å²) in [7, 11) is 0. The average Bonchev–Trinajstić information content (AvgIpc) is 3.04. The minimum absolute atomic E-state index is 0.00899. The number of carbonyl (C=O) groups is 2. The Bertz CT molecular complexity index is 1110. The topological polar surface area (TPSA) is 117 Å². The minimum Gasteiger partial charge on any atom is -0.490 e. The summed E-state index contributed by atoms with van der Waals surface area (Å²) in [5.41, 5.74) is 0.453. The lowest BCUT2D eigenvalue weighted by Gasteiger charge is -2.10. The van der Waals surface area contributed by atoms with Crippen LogP contribution in [0.2, 0.25) is 5.02 Å². The van der Waals surface area contributed by atoms with E-state index in [0.29, 0.717) is 17.9 Å². The molecule has 2 aromatic carbocycles. The van der Waals surface area contributed by atoms with Crippen molar-refractivity contribution in [3.63, 3.8) is 0 Å². The summed E-state index contributed by atoms with van der Waals surface area (Å²) in [5, 5.41) is 11.0. The highest BCUT2D eigenvalue weighted by molar-refractivity contribution is 6.32. The number of esters is 2. The molecule has 1 heterocycles. The average molecular weight is 431 g/mol. The number of nitro groups is 1. The number of hydrogen-bond donors (Lipinski definition) is 0. The van der Waals surface area contributed by atoms with Gasteiger partial charge in [-0.2, -0.15) is 0 Å². The highest BCUT2D eigenvalue weighted by atomic mass is 35.5. The quantitative estimate of drug-likeness (QED) is 0.224. The van der Waals surface area contributed by atoms with Crippen LogP contribution in [-0.2, 0) is 14.3 Å². The largest absolute Gasteiger partial charge is 0.490 e. The fourth-order valence-electron chi connectivity index (χ4n) is 2.60. The van der Waals surface area contributed by atoms with E-state index in [1.54, 1.807) is 19.1 Å². The van der Waals surface area contributed by atoms with E-state index in [2.05, 4.69) is 4.99 Å². The Morgan fingerprint density at radius 1 is 1.27 bits per heavy atom. The normalized spacial score (nSPS) is 14.3. The first-order valence-corrected chi connectivity index (χ1v) is 9.08. The Morgan fingerprint density at radius 2 is 2.03 bits per heavy atom. The van der Waals surface area contributed by atoms with Crippen molar-refractivity contribution in [2.45, 2.75) is 13.8 Å². The lowest BCUT2D eigenvalue weighted by Crippen LogP contribution is -2.06. The molecule has 0 amide bonds. The van der Waals surface area contributed by atoms with Gasteiger partial charge in [0.2, 0.25) is 5.90 Å². The second-order valence-corrected chi connectivity index (χ2v) is 6.40. The number of cyclic esters (lactones) is 1. The number of halogens is 1. The predicted octanol–water partition coefficient (Wildman–Crippen LogP) is 3.92. The van der Waals surface area contributed by atoms with E-state index in [1.807, 2.05) is 0 Å². The lowest BCUT2D eigenvalue weighted by atomic mass is 10.1. The van der Waals surface area contributed by atoms with Crippen LogP contribution >= 0.6 is 11.6 Å². The van der Waals surface area contributed by atoms with Crippen LogP contribution in [0.1, 0.15) is 25.0 Å². The van der Waals surface area contributed by atoms with Gasteiger partial charge in [0, 0.05) is 18.6 Å². The first kappa shape index (κ1) is 21.0. The molecular weight excluding hydrogens is 416 g/mol. The van der Waals surface area contributed by atoms with Gasteiger partial charge < -0.3 is 14.2 Å². The summed E-state index contributed by atoms with van der Waals surface area (Å²) in [6.45, 7) is 3.39. The Balaban J connectivity index is 1.94. The number of benzene rings is 2. The standard InChI is InChI=1S/C20H15ClN2O7/c1-3-28-18-9-12(4-7-17(18)29-11(2)24)8-15-20(25)30-19(22-15)13-5-6-14(21)16(10-13)23(26)27/h4-10H,3H2,1-2H3/b15-8-. The highest BCUT2D eigenvalue weighted by Crippen LogP contribution is 2.31. The zero-order valence-corrected chi connectivity index (χ0v) is 16.6. The zero-order chi connectivity index (χ0) is 21.8. The first-order valence-electron chi connectivity index (χ1n) is 8.70. The van der Waals surface area contributed by atoms with Crippen LogP contribution in [0.4, 0.5) is 5.69 Å². The first-order chi connectivity index (χ1) is 14.3. The van der Waals surface area contributed by atoms with Crippen LogP contribution in [0.15, 0.2) is 47.1 Å². The minimum atomic E-state index is -0.718. The predicted molar refractivity (Wildman–Crippen MR) is 108 cm³/mol. The number of nitrogens with zero attached hydrogens (tertiary/aromatic N) is 2. The molecule has 0 unspecified atom stereocenters. The van der Waals surface area contributed by atoms with Crippen molar-refractivity contribution in [3.05, 3.63) is 68.4 Å².